The molecule has 0 saturated heterocycles. The van der Waals surface area contributed by atoms with Gasteiger partial charge in [-0.15, -0.1) is 11.3 Å². The molecule has 0 fully saturated rings. The van der Waals surface area contributed by atoms with E-state index in [4.69, 9.17) is 0 Å². The molecule has 4 aromatic rings. The summed E-state index contributed by atoms with van der Waals surface area (Å²) in [5, 5.41) is 2.91. The van der Waals surface area contributed by atoms with Crippen LogP contribution >= 0.6 is 23.1 Å². The highest BCUT2D eigenvalue weighted by Crippen LogP contribution is 2.26. The summed E-state index contributed by atoms with van der Waals surface area (Å²) in [6, 6.07) is 12.9. The molecule has 1 N–H and O–H groups in total. The van der Waals surface area contributed by atoms with Gasteiger partial charge in [-0.3, -0.25) is 14.2 Å². The first-order chi connectivity index (χ1) is 15.3. The van der Waals surface area contributed by atoms with Gasteiger partial charge in [0.15, 0.2) is 9.99 Å². The molecule has 2 heterocycles. The molecule has 2 aromatic heterocycles. The minimum Gasteiger partial charge on any atom is -0.324 e. The van der Waals surface area contributed by atoms with E-state index in [1.54, 1.807) is 12.1 Å². The molecule has 0 spiro atoms. The van der Waals surface area contributed by atoms with Gasteiger partial charge in [0.2, 0.25) is 5.91 Å². The maximum atomic E-state index is 13.4. The lowest BCUT2D eigenvalue weighted by molar-refractivity contribution is -0.116. The molecule has 4 rings (SSSR count). The van der Waals surface area contributed by atoms with Crippen LogP contribution < -0.4 is 16.6 Å². The van der Waals surface area contributed by atoms with E-state index in [2.05, 4.69) is 10.3 Å². The molecule has 0 saturated carbocycles. The average Bonchev–Trinajstić information content (AvgIpc) is 3.20. The lowest BCUT2D eigenvalue weighted by atomic mass is 10.1. The summed E-state index contributed by atoms with van der Waals surface area (Å²) in [6.07, 6.45) is 1.85. The molecular formula is C23H22N4O3S2. The fraction of sp³-hybridized carbons (Fsp3) is 0.217. The number of aromatic nitrogens is 3. The summed E-state index contributed by atoms with van der Waals surface area (Å²) >= 11 is 2.61. The van der Waals surface area contributed by atoms with Crippen LogP contribution in [0.25, 0.3) is 16.0 Å². The number of thioether (sulfide) groups is 1. The van der Waals surface area contributed by atoms with Gasteiger partial charge in [0.05, 0.1) is 5.69 Å². The second kappa shape index (κ2) is 8.76. The number of carbonyl (C=O) groups excluding carboxylic acids is 1. The van der Waals surface area contributed by atoms with Crippen molar-refractivity contribution in [2.75, 3.05) is 11.6 Å². The van der Waals surface area contributed by atoms with Crippen LogP contribution in [0.15, 0.2) is 56.4 Å². The van der Waals surface area contributed by atoms with Crippen molar-refractivity contribution in [3.8, 4) is 5.69 Å². The Morgan fingerprint density at radius 3 is 2.34 bits per heavy atom. The van der Waals surface area contributed by atoms with Gasteiger partial charge in [-0.1, -0.05) is 47.7 Å². The van der Waals surface area contributed by atoms with Crippen LogP contribution in [0.1, 0.15) is 16.7 Å². The SMILES string of the molecule is CSc1nc2c(s1)c(=O)n(-c1ccc(C)cc1)c(=O)n2CC(=O)Nc1c(C)cccc1C. The number of nitrogens with zero attached hydrogens (tertiary/aromatic N) is 3. The predicted octanol–water partition coefficient (Wildman–Crippen LogP) is 3.89. The lowest BCUT2D eigenvalue weighted by Gasteiger charge is -2.14. The normalized spacial score (nSPS) is 11.1. The van der Waals surface area contributed by atoms with Gasteiger partial charge in [-0.05, 0) is 50.3 Å². The molecule has 0 aliphatic heterocycles. The highest BCUT2D eigenvalue weighted by molar-refractivity contribution is 8.00. The lowest BCUT2D eigenvalue weighted by Crippen LogP contribution is -2.40. The third kappa shape index (κ3) is 4.01. The molecule has 0 radical (unpaired) electrons. The maximum Gasteiger partial charge on any atom is 0.337 e. The summed E-state index contributed by atoms with van der Waals surface area (Å²) in [4.78, 5) is 44.0. The monoisotopic (exact) mass is 466 g/mol. The molecule has 0 aliphatic carbocycles. The van der Waals surface area contributed by atoms with E-state index in [1.165, 1.54) is 27.7 Å². The van der Waals surface area contributed by atoms with Gasteiger partial charge in [-0.2, -0.15) is 0 Å². The Morgan fingerprint density at radius 2 is 1.72 bits per heavy atom. The van der Waals surface area contributed by atoms with Gasteiger partial charge in [0.1, 0.15) is 11.2 Å². The van der Waals surface area contributed by atoms with Crippen molar-refractivity contribution in [2.24, 2.45) is 0 Å². The van der Waals surface area contributed by atoms with E-state index in [0.29, 0.717) is 14.7 Å². The molecule has 0 aliphatic rings. The average molecular weight is 467 g/mol. The molecular weight excluding hydrogens is 444 g/mol. The van der Waals surface area contributed by atoms with Gasteiger partial charge < -0.3 is 5.32 Å². The number of fused-ring (bicyclic) bond motifs is 1. The van der Waals surface area contributed by atoms with Crippen molar-refractivity contribution >= 4 is 45.0 Å². The summed E-state index contributed by atoms with van der Waals surface area (Å²) < 4.78 is 3.38. The van der Waals surface area contributed by atoms with Crippen molar-refractivity contribution in [3.05, 3.63) is 80.0 Å². The second-order valence-electron chi connectivity index (χ2n) is 7.50. The molecule has 1 amide bonds. The number of carbonyl (C=O) groups is 1. The Labute approximate surface area is 192 Å². The van der Waals surface area contributed by atoms with Crippen molar-refractivity contribution < 1.29 is 4.79 Å². The Bertz CT molecular complexity index is 1430. The van der Waals surface area contributed by atoms with E-state index in [-0.39, 0.29) is 18.1 Å². The number of hydrogen-bond acceptors (Lipinski definition) is 6. The number of thiazole rings is 1. The quantitative estimate of drug-likeness (QED) is 0.451. The maximum absolute atomic E-state index is 13.4. The highest BCUT2D eigenvalue weighted by Gasteiger charge is 2.21. The van der Waals surface area contributed by atoms with Crippen LogP contribution in [0.3, 0.4) is 0 Å². The summed E-state index contributed by atoms with van der Waals surface area (Å²) in [5.74, 6) is -0.362. The third-order valence-electron chi connectivity index (χ3n) is 5.18. The number of benzene rings is 2. The zero-order valence-corrected chi connectivity index (χ0v) is 19.8. The van der Waals surface area contributed by atoms with Gasteiger partial charge in [-0.25, -0.2) is 14.3 Å². The van der Waals surface area contributed by atoms with Gasteiger partial charge in [0.25, 0.3) is 5.56 Å². The van der Waals surface area contributed by atoms with E-state index in [0.717, 1.165) is 26.9 Å². The van der Waals surface area contributed by atoms with Crippen LogP contribution in [0.5, 0.6) is 0 Å². The minimum absolute atomic E-state index is 0.231. The van der Waals surface area contributed by atoms with E-state index in [1.807, 2.05) is 57.4 Å². The van der Waals surface area contributed by atoms with Crippen molar-refractivity contribution in [3.63, 3.8) is 0 Å². The zero-order valence-electron chi connectivity index (χ0n) is 18.1. The summed E-state index contributed by atoms with van der Waals surface area (Å²) in [5.41, 5.74) is 3.25. The number of hydrogen-bond donors (Lipinski definition) is 1. The molecule has 7 nitrogen and oxygen atoms in total. The number of anilines is 1. The molecule has 164 valence electrons. The Kier molecular flexibility index (Phi) is 6.03. The second-order valence-corrected chi connectivity index (χ2v) is 9.55. The number of rotatable bonds is 5. The largest absolute Gasteiger partial charge is 0.337 e. The first kappa shape index (κ1) is 22.0. The molecule has 0 bridgehead atoms. The molecule has 9 heteroatoms. The third-order valence-corrected chi connectivity index (χ3v) is 7.20. The van der Waals surface area contributed by atoms with Crippen molar-refractivity contribution in [2.45, 2.75) is 31.7 Å². The van der Waals surface area contributed by atoms with Crippen LogP contribution in [-0.2, 0) is 11.3 Å². The standard InChI is InChI=1S/C23H22N4O3S2/c1-13-8-10-16(11-9-13)27-21(29)19-20(25-22(31-4)32-19)26(23(27)30)12-17(28)24-18-14(2)6-5-7-15(18)3/h5-11H,12H2,1-4H3,(H,24,28). The van der Waals surface area contributed by atoms with Gasteiger partial charge >= 0.3 is 5.69 Å². The topological polar surface area (TPSA) is 86.0 Å². The fourth-order valence-electron chi connectivity index (χ4n) is 3.50. The number of para-hydroxylation sites is 1. The summed E-state index contributed by atoms with van der Waals surface area (Å²) in [7, 11) is 0. The predicted molar refractivity (Wildman–Crippen MR) is 131 cm³/mol. The molecule has 0 atom stereocenters. The van der Waals surface area contributed by atoms with E-state index >= 15 is 0 Å². The van der Waals surface area contributed by atoms with Crippen LogP contribution in [-0.4, -0.2) is 26.3 Å². The minimum atomic E-state index is -0.596. The first-order valence-electron chi connectivity index (χ1n) is 9.93. The molecule has 2 aromatic carbocycles. The van der Waals surface area contributed by atoms with E-state index < -0.39 is 11.2 Å². The number of amides is 1. The fourth-order valence-corrected chi connectivity index (χ4v) is 4.99. The van der Waals surface area contributed by atoms with Crippen molar-refractivity contribution in [1.29, 1.82) is 0 Å². The Balaban J connectivity index is 1.85. The Morgan fingerprint density at radius 1 is 1.06 bits per heavy atom. The molecule has 32 heavy (non-hydrogen) atoms. The highest BCUT2D eigenvalue weighted by atomic mass is 32.2. The Hall–Kier alpha value is -3.17. The molecule has 0 unspecified atom stereocenters. The van der Waals surface area contributed by atoms with Crippen LogP contribution in [0.2, 0.25) is 0 Å². The van der Waals surface area contributed by atoms with Crippen molar-refractivity contribution in [1.82, 2.24) is 14.1 Å². The number of nitrogens with one attached hydrogen (secondary N) is 1. The van der Waals surface area contributed by atoms with Crippen LogP contribution in [0.4, 0.5) is 5.69 Å². The number of aryl methyl sites for hydroxylation is 3. The summed E-state index contributed by atoms with van der Waals surface area (Å²) in [6.45, 7) is 5.50. The van der Waals surface area contributed by atoms with Crippen LogP contribution in [0, 0.1) is 20.8 Å². The van der Waals surface area contributed by atoms with Gasteiger partial charge in [0, 0.05) is 5.69 Å². The zero-order chi connectivity index (χ0) is 23.0. The first-order valence-corrected chi connectivity index (χ1v) is 12.0. The smallest absolute Gasteiger partial charge is 0.324 e. The van der Waals surface area contributed by atoms with E-state index in [9.17, 15) is 14.4 Å².